The quantitative estimate of drug-likeness (QED) is 0.522. The first-order chi connectivity index (χ1) is 13.4. The molecule has 1 aliphatic heterocycles. The van der Waals surface area contributed by atoms with Crippen molar-refractivity contribution in [1.82, 2.24) is 19.6 Å². The standard InChI is InChI=1S/C18H21Cl2N5O3/c1-2-17(24-12-14(10-21-24)25(27)28)18(26)23-7-5-22(6-8-23)11-13-3-4-15(19)16(20)9-13/h3-4,9-10,12,17H,2,5-8,11H2,1H3. The Morgan fingerprint density at radius 2 is 1.96 bits per heavy atom. The highest BCUT2D eigenvalue weighted by molar-refractivity contribution is 6.42. The summed E-state index contributed by atoms with van der Waals surface area (Å²) in [5.74, 6) is -0.0605. The molecular weight excluding hydrogens is 405 g/mol. The summed E-state index contributed by atoms with van der Waals surface area (Å²) in [6, 6.07) is 5.06. The molecule has 1 aromatic heterocycles. The van der Waals surface area contributed by atoms with Crippen molar-refractivity contribution in [3.05, 3.63) is 56.3 Å². The van der Waals surface area contributed by atoms with Crippen LogP contribution in [-0.4, -0.2) is 56.6 Å². The first kappa shape index (κ1) is 20.6. The minimum absolute atomic E-state index is 0.0605. The summed E-state index contributed by atoms with van der Waals surface area (Å²) in [4.78, 5) is 27.3. The summed E-state index contributed by atoms with van der Waals surface area (Å²) in [5, 5.41) is 15.9. The molecule has 1 aromatic carbocycles. The highest BCUT2D eigenvalue weighted by Crippen LogP contribution is 2.24. The van der Waals surface area contributed by atoms with Crippen LogP contribution in [0.2, 0.25) is 10.0 Å². The fourth-order valence-corrected chi connectivity index (χ4v) is 3.62. The van der Waals surface area contributed by atoms with E-state index < -0.39 is 11.0 Å². The van der Waals surface area contributed by atoms with Crippen LogP contribution in [0.1, 0.15) is 24.9 Å². The highest BCUT2D eigenvalue weighted by atomic mass is 35.5. The number of hydrogen-bond donors (Lipinski definition) is 0. The third-order valence-corrected chi connectivity index (χ3v) is 5.60. The predicted octanol–water partition coefficient (Wildman–Crippen LogP) is 3.39. The van der Waals surface area contributed by atoms with E-state index in [2.05, 4.69) is 10.00 Å². The molecule has 0 spiro atoms. The minimum Gasteiger partial charge on any atom is -0.338 e. The average molecular weight is 426 g/mol. The van der Waals surface area contributed by atoms with Crippen molar-refractivity contribution < 1.29 is 9.72 Å². The number of amides is 1. The third kappa shape index (κ3) is 4.63. The van der Waals surface area contributed by atoms with Crippen molar-refractivity contribution >= 4 is 34.8 Å². The van der Waals surface area contributed by atoms with Gasteiger partial charge in [-0.05, 0) is 24.1 Å². The summed E-state index contributed by atoms with van der Waals surface area (Å²) in [7, 11) is 0. The Morgan fingerprint density at radius 1 is 1.25 bits per heavy atom. The van der Waals surface area contributed by atoms with Gasteiger partial charge in [-0.15, -0.1) is 0 Å². The van der Waals surface area contributed by atoms with Crippen LogP contribution in [0.25, 0.3) is 0 Å². The predicted molar refractivity (Wildman–Crippen MR) is 107 cm³/mol. The van der Waals surface area contributed by atoms with Crippen LogP contribution in [0.4, 0.5) is 5.69 Å². The Hall–Kier alpha value is -2.16. The Labute approximate surface area is 172 Å². The van der Waals surface area contributed by atoms with E-state index in [0.29, 0.717) is 29.6 Å². The number of nitro groups is 1. The molecule has 8 nitrogen and oxygen atoms in total. The number of benzene rings is 1. The topological polar surface area (TPSA) is 84.5 Å². The number of piperazine rings is 1. The molecule has 1 amide bonds. The van der Waals surface area contributed by atoms with Gasteiger partial charge in [0.2, 0.25) is 5.91 Å². The van der Waals surface area contributed by atoms with Gasteiger partial charge in [0, 0.05) is 32.7 Å². The van der Waals surface area contributed by atoms with Crippen molar-refractivity contribution in [3.63, 3.8) is 0 Å². The van der Waals surface area contributed by atoms with Crippen LogP contribution < -0.4 is 0 Å². The molecular formula is C18H21Cl2N5O3. The molecule has 0 N–H and O–H groups in total. The van der Waals surface area contributed by atoms with Gasteiger partial charge in [-0.3, -0.25) is 24.5 Å². The second-order valence-corrected chi connectivity index (χ2v) is 7.52. The molecule has 0 aliphatic carbocycles. The van der Waals surface area contributed by atoms with Crippen LogP contribution >= 0.6 is 23.2 Å². The summed E-state index contributed by atoms with van der Waals surface area (Å²) < 4.78 is 1.39. The molecule has 1 atom stereocenters. The van der Waals surface area contributed by atoms with E-state index in [-0.39, 0.29) is 11.6 Å². The van der Waals surface area contributed by atoms with E-state index in [0.717, 1.165) is 25.2 Å². The molecule has 1 unspecified atom stereocenters. The second-order valence-electron chi connectivity index (χ2n) is 6.71. The maximum atomic E-state index is 12.9. The van der Waals surface area contributed by atoms with Gasteiger partial charge < -0.3 is 4.90 Å². The van der Waals surface area contributed by atoms with E-state index in [1.807, 2.05) is 19.1 Å². The summed E-state index contributed by atoms with van der Waals surface area (Å²) in [6.07, 6.45) is 3.00. The molecule has 10 heteroatoms. The smallest absolute Gasteiger partial charge is 0.307 e. The fourth-order valence-electron chi connectivity index (χ4n) is 3.30. The molecule has 1 fully saturated rings. The Balaban J connectivity index is 1.58. The maximum Gasteiger partial charge on any atom is 0.307 e. The van der Waals surface area contributed by atoms with Crippen molar-refractivity contribution in [2.45, 2.75) is 25.9 Å². The average Bonchev–Trinajstić information content (AvgIpc) is 3.16. The molecule has 0 saturated carbocycles. The minimum atomic E-state index is -0.532. The number of carbonyl (C=O) groups excluding carboxylic acids is 1. The van der Waals surface area contributed by atoms with Gasteiger partial charge in [-0.1, -0.05) is 36.2 Å². The number of aromatic nitrogens is 2. The molecule has 0 bridgehead atoms. The van der Waals surface area contributed by atoms with Gasteiger partial charge in [-0.25, -0.2) is 0 Å². The van der Waals surface area contributed by atoms with Gasteiger partial charge in [0.05, 0.1) is 15.0 Å². The third-order valence-electron chi connectivity index (χ3n) is 4.86. The lowest BCUT2D eigenvalue weighted by atomic mass is 10.1. The van der Waals surface area contributed by atoms with E-state index in [1.165, 1.54) is 17.1 Å². The van der Waals surface area contributed by atoms with E-state index in [4.69, 9.17) is 23.2 Å². The van der Waals surface area contributed by atoms with E-state index in [1.54, 1.807) is 11.0 Å². The maximum absolute atomic E-state index is 12.9. The van der Waals surface area contributed by atoms with E-state index in [9.17, 15) is 14.9 Å². The van der Waals surface area contributed by atoms with Gasteiger partial charge >= 0.3 is 5.69 Å². The Kier molecular flexibility index (Phi) is 6.53. The first-order valence-electron chi connectivity index (χ1n) is 9.02. The molecule has 28 heavy (non-hydrogen) atoms. The van der Waals surface area contributed by atoms with Crippen LogP contribution in [-0.2, 0) is 11.3 Å². The second kappa shape index (κ2) is 8.89. The van der Waals surface area contributed by atoms with Gasteiger partial charge in [-0.2, -0.15) is 5.10 Å². The zero-order chi connectivity index (χ0) is 20.3. The van der Waals surface area contributed by atoms with Crippen LogP contribution in [0.3, 0.4) is 0 Å². The zero-order valence-corrected chi connectivity index (χ0v) is 16.9. The van der Waals surface area contributed by atoms with Crippen molar-refractivity contribution in [2.24, 2.45) is 0 Å². The highest BCUT2D eigenvalue weighted by Gasteiger charge is 2.29. The Morgan fingerprint density at radius 3 is 2.54 bits per heavy atom. The summed E-state index contributed by atoms with van der Waals surface area (Å²) in [5.41, 5.74) is 0.960. The SMILES string of the molecule is CCC(C(=O)N1CCN(Cc2ccc(Cl)c(Cl)c2)CC1)n1cc([N+](=O)[O-])cn1. The lowest BCUT2D eigenvalue weighted by molar-refractivity contribution is -0.385. The largest absolute Gasteiger partial charge is 0.338 e. The van der Waals surface area contributed by atoms with Crippen LogP contribution in [0.5, 0.6) is 0 Å². The molecule has 150 valence electrons. The van der Waals surface area contributed by atoms with Crippen molar-refractivity contribution in [1.29, 1.82) is 0 Å². The first-order valence-corrected chi connectivity index (χ1v) is 9.78. The number of carbonyl (C=O) groups is 1. The summed E-state index contributed by atoms with van der Waals surface area (Å²) >= 11 is 12.0. The number of nitrogens with zero attached hydrogens (tertiary/aromatic N) is 5. The molecule has 1 saturated heterocycles. The van der Waals surface area contributed by atoms with Gasteiger partial charge in [0.1, 0.15) is 18.4 Å². The monoisotopic (exact) mass is 425 g/mol. The van der Waals surface area contributed by atoms with Gasteiger partial charge in [0.15, 0.2) is 0 Å². The van der Waals surface area contributed by atoms with Gasteiger partial charge in [0.25, 0.3) is 0 Å². The van der Waals surface area contributed by atoms with Crippen LogP contribution in [0, 0.1) is 10.1 Å². The molecule has 3 rings (SSSR count). The molecule has 0 radical (unpaired) electrons. The molecule has 1 aliphatic rings. The molecule has 2 aromatic rings. The normalized spacial score (nSPS) is 16.2. The number of rotatable bonds is 6. The fraction of sp³-hybridized carbons (Fsp3) is 0.444. The van der Waals surface area contributed by atoms with E-state index >= 15 is 0 Å². The number of hydrogen-bond acceptors (Lipinski definition) is 5. The lowest BCUT2D eigenvalue weighted by Gasteiger charge is -2.36. The number of halogens is 2. The summed E-state index contributed by atoms with van der Waals surface area (Å²) in [6.45, 7) is 5.28. The zero-order valence-electron chi connectivity index (χ0n) is 15.4. The Bertz CT molecular complexity index is 865. The lowest BCUT2D eigenvalue weighted by Crippen LogP contribution is -2.50. The van der Waals surface area contributed by atoms with Crippen molar-refractivity contribution in [3.8, 4) is 0 Å². The molecule has 2 heterocycles. The van der Waals surface area contributed by atoms with Crippen molar-refractivity contribution in [2.75, 3.05) is 26.2 Å². The van der Waals surface area contributed by atoms with Crippen LogP contribution in [0.15, 0.2) is 30.6 Å².